The van der Waals surface area contributed by atoms with E-state index in [0.717, 1.165) is 18.6 Å². The van der Waals surface area contributed by atoms with Crippen LogP contribution in [0.5, 0.6) is 0 Å². The first kappa shape index (κ1) is 20.0. The second-order valence-electron chi connectivity index (χ2n) is 5.73. The quantitative estimate of drug-likeness (QED) is 0.476. The molecule has 0 saturated heterocycles. The molecule has 0 aromatic carbocycles. The van der Waals surface area contributed by atoms with E-state index in [1.165, 1.54) is 63.1 Å². The Morgan fingerprint density at radius 1 is 0.950 bits per heavy atom. The number of hydrogen-bond acceptors (Lipinski definition) is 3. The van der Waals surface area contributed by atoms with Crippen LogP contribution in [0.2, 0.25) is 0 Å². The Morgan fingerprint density at radius 2 is 1.45 bits per heavy atom. The van der Waals surface area contributed by atoms with Crippen LogP contribution in [0.4, 0.5) is 0 Å². The number of hydrogen-bond donors (Lipinski definition) is 1. The van der Waals surface area contributed by atoms with Gasteiger partial charge in [-0.15, -0.1) is 0 Å². The topological polar surface area (TPSA) is 37.3 Å². The summed E-state index contributed by atoms with van der Waals surface area (Å²) in [5, 5.41) is 10.1. The predicted octanol–water partition coefficient (Wildman–Crippen LogP) is 5.18. The van der Waals surface area contributed by atoms with E-state index in [0.29, 0.717) is 0 Å². The molecule has 2 nitrogen and oxygen atoms in total. The smallest absolute Gasteiger partial charge is 0.194 e. The van der Waals surface area contributed by atoms with Crippen LogP contribution < -0.4 is 0 Å². The van der Waals surface area contributed by atoms with Gasteiger partial charge in [0.15, 0.2) is 5.12 Å². The minimum Gasteiger partial charge on any atom is -0.392 e. The third kappa shape index (κ3) is 10.7. The van der Waals surface area contributed by atoms with Crippen LogP contribution in [-0.2, 0) is 4.79 Å². The fourth-order valence-corrected chi connectivity index (χ4v) is 3.05. The predicted molar refractivity (Wildman–Crippen MR) is 90.2 cm³/mol. The zero-order valence-corrected chi connectivity index (χ0v) is 14.5. The molecule has 2 atom stereocenters. The van der Waals surface area contributed by atoms with Crippen molar-refractivity contribution in [3.63, 3.8) is 0 Å². The van der Waals surface area contributed by atoms with E-state index in [4.69, 9.17) is 0 Å². The number of carbonyl (C=O) groups excluding carboxylic acids is 1. The Hall–Kier alpha value is -0.0200. The minimum atomic E-state index is -0.453. The van der Waals surface area contributed by atoms with Crippen molar-refractivity contribution in [1.29, 1.82) is 0 Å². The molecule has 0 aromatic heterocycles. The van der Waals surface area contributed by atoms with Crippen molar-refractivity contribution in [2.45, 2.75) is 91.1 Å². The summed E-state index contributed by atoms with van der Waals surface area (Å²) in [5.41, 5.74) is 0. The fourth-order valence-electron chi connectivity index (χ4n) is 2.34. The van der Waals surface area contributed by atoms with Gasteiger partial charge in [0.2, 0.25) is 0 Å². The summed E-state index contributed by atoms with van der Waals surface area (Å²) in [6.45, 7) is 6.07. The summed E-state index contributed by atoms with van der Waals surface area (Å²) in [6.07, 6.45) is 11.9. The zero-order chi connectivity index (χ0) is 15.2. The average molecular weight is 303 g/mol. The number of aliphatic hydroxyl groups excluding tert-OH is 1. The van der Waals surface area contributed by atoms with Crippen molar-refractivity contribution in [2.75, 3.05) is 5.75 Å². The lowest BCUT2D eigenvalue weighted by molar-refractivity contribution is -0.117. The molecule has 0 bridgehead atoms. The Balaban J connectivity index is 3.43. The van der Waals surface area contributed by atoms with Crippen molar-refractivity contribution in [3.8, 4) is 0 Å². The Labute approximate surface area is 130 Å². The lowest BCUT2D eigenvalue weighted by Gasteiger charge is -2.16. The van der Waals surface area contributed by atoms with Gasteiger partial charge in [0.1, 0.15) is 0 Å². The molecular weight excluding hydrogens is 268 g/mol. The minimum absolute atomic E-state index is 0.135. The molecule has 20 heavy (non-hydrogen) atoms. The molecule has 0 aliphatic carbocycles. The van der Waals surface area contributed by atoms with E-state index in [2.05, 4.69) is 6.92 Å². The molecule has 3 heteroatoms. The van der Waals surface area contributed by atoms with Crippen LogP contribution in [0.3, 0.4) is 0 Å². The molecule has 120 valence electrons. The average Bonchev–Trinajstić information content (AvgIpc) is 2.44. The van der Waals surface area contributed by atoms with Gasteiger partial charge in [-0.25, -0.2) is 0 Å². The highest BCUT2D eigenvalue weighted by molar-refractivity contribution is 8.13. The molecule has 0 aliphatic heterocycles. The fraction of sp³-hybridized carbons (Fsp3) is 0.941. The van der Waals surface area contributed by atoms with Crippen molar-refractivity contribution >= 4 is 16.9 Å². The summed E-state index contributed by atoms with van der Waals surface area (Å²) >= 11 is 1.33. The maximum Gasteiger partial charge on any atom is 0.194 e. The summed E-state index contributed by atoms with van der Waals surface area (Å²) in [5.74, 6) is 0.586. The van der Waals surface area contributed by atoms with E-state index in [1.807, 2.05) is 13.8 Å². The standard InChI is InChI=1S/C17H34O2S/c1-4-6-7-8-9-10-11-12-13-14-16(18)15(3)17(19)20-5-2/h15-16,18H,4-14H2,1-3H3/t15-,16-/m1/s1. The number of rotatable bonds is 13. The van der Waals surface area contributed by atoms with Gasteiger partial charge in [-0.05, 0) is 12.2 Å². The highest BCUT2D eigenvalue weighted by Gasteiger charge is 2.21. The zero-order valence-electron chi connectivity index (χ0n) is 13.7. The van der Waals surface area contributed by atoms with Crippen LogP contribution in [0.15, 0.2) is 0 Å². The molecule has 0 aromatic rings. The van der Waals surface area contributed by atoms with Crippen LogP contribution in [0, 0.1) is 5.92 Å². The van der Waals surface area contributed by atoms with E-state index in [1.54, 1.807) is 0 Å². The number of unbranched alkanes of at least 4 members (excludes halogenated alkanes) is 8. The number of carbonyl (C=O) groups is 1. The van der Waals surface area contributed by atoms with Gasteiger partial charge in [0.25, 0.3) is 0 Å². The third-order valence-electron chi connectivity index (χ3n) is 3.84. The lowest BCUT2D eigenvalue weighted by Crippen LogP contribution is -2.23. The first-order chi connectivity index (χ1) is 9.63. The molecule has 0 heterocycles. The largest absolute Gasteiger partial charge is 0.392 e. The van der Waals surface area contributed by atoms with E-state index < -0.39 is 6.10 Å². The van der Waals surface area contributed by atoms with Gasteiger partial charge in [0.05, 0.1) is 12.0 Å². The first-order valence-electron chi connectivity index (χ1n) is 8.48. The normalized spacial score (nSPS) is 14.2. The Kier molecular flexibility index (Phi) is 13.9. The number of aliphatic hydroxyl groups is 1. The maximum absolute atomic E-state index is 11.6. The molecule has 0 fully saturated rings. The van der Waals surface area contributed by atoms with Crippen molar-refractivity contribution in [2.24, 2.45) is 5.92 Å². The van der Waals surface area contributed by atoms with E-state index in [9.17, 15) is 9.90 Å². The molecule has 0 saturated carbocycles. The molecule has 0 amide bonds. The molecule has 0 rings (SSSR count). The lowest BCUT2D eigenvalue weighted by atomic mass is 9.99. The molecule has 0 radical (unpaired) electrons. The van der Waals surface area contributed by atoms with Crippen molar-refractivity contribution in [1.82, 2.24) is 0 Å². The van der Waals surface area contributed by atoms with Gasteiger partial charge >= 0.3 is 0 Å². The van der Waals surface area contributed by atoms with Gasteiger partial charge in [0, 0.05) is 0 Å². The second-order valence-corrected chi connectivity index (χ2v) is 6.99. The number of thioether (sulfide) groups is 1. The Morgan fingerprint density at radius 3 is 1.95 bits per heavy atom. The van der Waals surface area contributed by atoms with Crippen molar-refractivity contribution < 1.29 is 9.90 Å². The summed E-state index contributed by atoms with van der Waals surface area (Å²) in [6, 6.07) is 0. The highest BCUT2D eigenvalue weighted by Crippen LogP contribution is 2.19. The summed E-state index contributed by atoms with van der Waals surface area (Å²) < 4.78 is 0. The summed E-state index contributed by atoms with van der Waals surface area (Å²) in [4.78, 5) is 11.6. The SMILES string of the molecule is CCCCCCCCCCC[C@@H](O)[C@@H](C)C(=O)SCC. The molecular formula is C17H34O2S. The molecule has 0 unspecified atom stereocenters. The van der Waals surface area contributed by atoms with Gasteiger partial charge in [-0.3, -0.25) is 4.79 Å². The highest BCUT2D eigenvalue weighted by atomic mass is 32.2. The van der Waals surface area contributed by atoms with E-state index >= 15 is 0 Å². The summed E-state index contributed by atoms with van der Waals surface area (Å²) in [7, 11) is 0. The third-order valence-corrected chi connectivity index (χ3v) is 4.78. The Bertz CT molecular complexity index is 231. The second kappa shape index (κ2) is 13.9. The molecule has 0 aliphatic rings. The van der Waals surface area contributed by atoms with Crippen molar-refractivity contribution in [3.05, 3.63) is 0 Å². The molecule has 0 spiro atoms. The van der Waals surface area contributed by atoms with Crippen LogP contribution in [0.25, 0.3) is 0 Å². The maximum atomic E-state index is 11.6. The van der Waals surface area contributed by atoms with Crippen LogP contribution in [-0.4, -0.2) is 22.1 Å². The monoisotopic (exact) mass is 302 g/mol. The van der Waals surface area contributed by atoms with Gasteiger partial charge in [-0.2, -0.15) is 0 Å². The van der Waals surface area contributed by atoms with Gasteiger partial charge < -0.3 is 5.11 Å². The van der Waals surface area contributed by atoms with Crippen LogP contribution >= 0.6 is 11.8 Å². The first-order valence-corrected chi connectivity index (χ1v) is 9.46. The van der Waals surface area contributed by atoms with E-state index in [-0.39, 0.29) is 11.0 Å². The molecule has 1 N–H and O–H groups in total. The van der Waals surface area contributed by atoms with Gasteiger partial charge in [-0.1, -0.05) is 90.3 Å². The van der Waals surface area contributed by atoms with Crippen LogP contribution in [0.1, 0.15) is 85.0 Å².